The monoisotopic (exact) mass is 383 g/mol. The van der Waals surface area contributed by atoms with E-state index in [0.717, 1.165) is 31.5 Å². The highest BCUT2D eigenvalue weighted by molar-refractivity contribution is 8.03. The third-order valence-corrected chi connectivity index (χ3v) is 6.33. The third kappa shape index (κ3) is 4.34. The van der Waals surface area contributed by atoms with Crippen molar-refractivity contribution in [3.63, 3.8) is 0 Å². The summed E-state index contributed by atoms with van der Waals surface area (Å²) in [7, 11) is 0. The maximum Gasteiger partial charge on any atom is 0.233 e. The summed E-state index contributed by atoms with van der Waals surface area (Å²) in [5.41, 5.74) is 0.974. The zero-order valence-electron chi connectivity index (χ0n) is 13.3. The minimum Gasteiger partial charge on any atom is -0.454 e. The van der Waals surface area contributed by atoms with Gasteiger partial charge in [0.15, 0.2) is 20.2 Å². The van der Waals surface area contributed by atoms with Crippen LogP contribution in [0.25, 0.3) is 0 Å². The predicted octanol–water partition coefficient (Wildman–Crippen LogP) is 3.18. The highest BCUT2D eigenvalue weighted by Gasteiger charge is 2.18. The van der Waals surface area contributed by atoms with Crippen molar-refractivity contribution in [3.8, 4) is 11.5 Å². The van der Waals surface area contributed by atoms with Crippen LogP contribution in [-0.4, -0.2) is 33.9 Å². The third-order valence-electron chi connectivity index (χ3n) is 3.21. The number of thioether (sulfide) groups is 2. The van der Waals surface area contributed by atoms with E-state index in [-0.39, 0.29) is 18.0 Å². The van der Waals surface area contributed by atoms with Gasteiger partial charge in [-0.2, -0.15) is 0 Å². The number of fused-ring (bicyclic) bond motifs is 1. The summed E-state index contributed by atoms with van der Waals surface area (Å²) in [5, 5.41) is 10.9. The van der Waals surface area contributed by atoms with Crippen molar-refractivity contribution in [1.82, 2.24) is 15.5 Å². The molecule has 0 radical (unpaired) electrons. The fourth-order valence-corrected chi connectivity index (χ4v) is 5.10. The summed E-state index contributed by atoms with van der Waals surface area (Å²) < 4.78 is 12.4. The lowest BCUT2D eigenvalue weighted by Crippen LogP contribution is -2.30. The molecule has 2 heterocycles. The Hall–Kier alpha value is -1.45. The van der Waals surface area contributed by atoms with E-state index in [1.807, 2.05) is 25.1 Å². The highest BCUT2D eigenvalue weighted by Crippen LogP contribution is 2.33. The molecule has 1 aromatic carbocycles. The average Bonchev–Trinajstić information content (AvgIpc) is 3.21. The van der Waals surface area contributed by atoms with Crippen LogP contribution in [0.1, 0.15) is 19.4 Å². The number of aromatic nitrogens is 2. The molecule has 1 aliphatic heterocycles. The first-order valence-electron chi connectivity index (χ1n) is 7.45. The summed E-state index contributed by atoms with van der Waals surface area (Å²) in [5.74, 6) is 2.40. The summed E-state index contributed by atoms with van der Waals surface area (Å²) in [6.07, 6.45) is 0. The molecule has 0 fully saturated rings. The average molecular weight is 384 g/mol. The first-order chi connectivity index (χ1) is 11.7. The number of ether oxygens (including phenoxy) is 2. The molecule has 1 aliphatic rings. The SMILES string of the molecule is CCSc1nnc(S[C@H](C)C(=O)NCc2ccc3c(c2)OCO3)s1. The largest absolute Gasteiger partial charge is 0.454 e. The van der Waals surface area contributed by atoms with E-state index in [0.29, 0.717) is 6.54 Å². The number of benzene rings is 1. The van der Waals surface area contributed by atoms with Crippen molar-refractivity contribution >= 4 is 40.8 Å². The second kappa shape index (κ2) is 8.09. The van der Waals surface area contributed by atoms with E-state index in [2.05, 4.69) is 22.4 Å². The van der Waals surface area contributed by atoms with Gasteiger partial charge in [-0.1, -0.05) is 47.9 Å². The number of carbonyl (C=O) groups is 1. The molecular formula is C15H17N3O3S3. The highest BCUT2D eigenvalue weighted by atomic mass is 32.2. The van der Waals surface area contributed by atoms with Gasteiger partial charge in [0.25, 0.3) is 0 Å². The van der Waals surface area contributed by atoms with Gasteiger partial charge in [0.05, 0.1) is 5.25 Å². The molecule has 2 aromatic rings. The minimum absolute atomic E-state index is 0.0300. The standard InChI is InChI=1S/C15H17N3O3S3/c1-3-22-14-17-18-15(24-14)23-9(2)13(19)16-7-10-4-5-11-12(6-10)21-8-20-11/h4-6,9H,3,7-8H2,1-2H3,(H,16,19)/t9-/m1/s1. The number of hydrogen-bond acceptors (Lipinski definition) is 8. The van der Waals surface area contributed by atoms with Crippen LogP contribution in [0.3, 0.4) is 0 Å². The Bertz CT molecular complexity index is 723. The van der Waals surface area contributed by atoms with Crippen molar-refractivity contribution in [1.29, 1.82) is 0 Å². The molecule has 128 valence electrons. The van der Waals surface area contributed by atoms with Gasteiger partial charge in [0.1, 0.15) is 0 Å². The summed E-state index contributed by atoms with van der Waals surface area (Å²) >= 11 is 4.61. The maximum absolute atomic E-state index is 12.3. The van der Waals surface area contributed by atoms with Crippen molar-refractivity contribution in [2.45, 2.75) is 34.3 Å². The second-order valence-corrected chi connectivity index (χ2v) is 9.01. The van der Waals surface area contributed by atoms with E-state index in [1.165, 1.54) is 23.1 Å². The van der Waals surface area contributed by atoms with Gasteiger partial charge >= 0.3 is 0 Å². The van der Waals surface area contributed by atoms with Crippen LogP contribution in [0, 0.1) is 0 Å². The Morgan fingerprint density at radius 2 is 2.12 bits per heavy atom. The van der Waals surface area contributed by atoms with E-state index < -0.39 is 0 Å². The molecule has 0 aliphatic carbocycles. The number of nitrogens with zero attached hydrogens (tertiary/aromatic N) is 2. The van der Waals surface area contributed by atoms with Crippen molar-refractivity contribution in [3.05, 3.63) is 23.8 Å². The summed E-state index contributed by atoms with van der Waals surface area (Å²) in [4.78, 5) is 12.3. The lowest BCUT2D eigenvalue weighted by atomic mass is 10.2. The molecule has 24 heavy (non-hydrogen) atoms. The molecule has 3 rings (SSSR count). The number of amides is 1. The van der Waals surface area contributed by atoms with Gasteiger partial charge in [-0.05, 0) is 30.4 Å². The zero-order chi connectivity index (χ0) is 16.9. The molecule has 1 atom stereocenters. The quantitative estimate of drug-likeness (QED) is 0.736. The molecule has 0 bridgehead atoms. The molecule has 6 nitrogen and oxygen atoms in total. The molecular weight excluding hydrogens is 366 g/mol. The molecule has 1 amide bonds. The molecule has 0 unspecified atom stereocenters. The fourth-order valence-electron chi connectivity index (χ4n) is 2.02. The van der Waals surface area contributed by atoms with Crippen molar-refractivity contribution < 1.29 is 14.3 Å². The minimum atomic E-state index is -0.230. The number of carbonyl (C=O) groups excluding carboxylic acids is 1. The van der Waals surface area contributed by atoms with Crippen LogP contribution in [0.15, 0.2) is 26.9 Å². The molecule has 0 saturated heterocycles. The van der Waals surface area contributed by atoms with Gasteiger partial charge in [-0.25, -0.2) is 0 Å². The topological polar surface area (TPSA) is 73.3 Å². The molecule has 9 heteroatoms. The maximum atomic E-state index is 12.3. The van der Waals surface area contributed by atoms with E-state index in [1.54, 1.807) is 11.8 Å². The molecule has 1 aromatic heterocycles. The van der Waals surface area contributed by atoms with Crippen LogP contribution in [0.5, 0.6) is 11.5 Å². The van der Waals surface area contributed by atoms with Crippen molar-refractivity contribution in [2.75, 3.05) is 12.5 Å². The normalized spacial score (nSPS) is 13.8. The van der Waals surface area contributed by atoms with Crippen LogP contribution < -0.4 is 14.8 Å². The van der Waals surface area contributed by atoms with E-state index in [9.17, 15) is 4.79 Å². The smallest absolute Gasteiger partial charge is 0.233 e. The van der Waals surface area contributed by atoms with Crippen molar-refractivity contribution in [2.24, 2.45) is 0 Å². The van der Waals surface area contributed by atoms with Gasteiger partial charge in [-0.15, -0.1) is 10.2 Å². The zero-order valence-corrected chi connectivity index (χ0v) is 15.7. The van der Waals surface area contributed by atoms with Gasteiger partial charge < -0.3 is 14.8 Å². The summed E-state index contributed by atoms with van der Waals surface area (Å²) in [6, 6.07) is 5.67. The molecule has 0 spiro atoms. The lowest BCUT2D eigenvalue weighted by Gasteiger charge is -2.10. The van der Waals surface area contributed by atoms with E-state index >= 15 is 0 Å². The van der Waals surface area contributed by atoms with Gasteiger partial charge in [0, 0.05) is 6.54 Å². The second-order valence-electron chi connectivity index (χ2n) is 4.93. The first kappa shape index (κ1) is 17.4. The summed E-state index contributed by atoms with van der Waals surface area (Å²) in [6.45, 7) is 4.64. The Morgan fingerprint density at radius 3 is 2.96 bits per heavy atom. The predicted molar refractivity (Wildman–Crippen MR) is 96.0 cm³/mol. The number of nitrogens with one attached hydrogen (secondary N) is 1. The van der Waals surface area contributed by atoms with Crippen LogP contribution in [0.4, 0.5) is 0 Å². The fraction of sp³-hybridized carbons (Fsp3) is 0.400. The van der Waals surface area contributed by atoms with Gasteiger partial charge in [-0.3, -0.25) is 4.79 Å². The van der Waals surface area contributed by atoms with Gasteiger partial charge in [0.2, 0.25) is 12.7 Å². The lowest BCUT2D eigenvalue weighted by molar-refractivity contribution is -0.120. The van der Waals surface area contributed by atoms with Crippen LogP contribution in [0.2, 0.25) is 0 Å². The molecule has 0 saturated carbocycles. The Labute approximate surface area is 152 Å². The Kier molecular flexibility index (Phi) is 5.85. The van der Waals surface area contributed by atoms with Crippen LogP contribution in [-0.2, 0) is 11.3 Å². The molecule has 1 N–H and O–H groups in total. The Morgan fingerprint density at radius 1 is 1.33 bits per heavy atom. The van der Waals surface area contributed by atoms with Crippen LogP contribution >= 0.6 is 34.9 Å². The van der Waals surface area contributed by atoms with E-state index in [4.69, 9.17) is 9.47 Å². The first-order valence-corrected chi connectivity index (χ1v) is 10.1. The number of rotatable bonds is 7. The Balaban J connectivity index is 1.50. The number of hydrogen-bond donors (Lipinski definition) is 1.